The van der Waals surface area contributed by atoms with Gasteiger partial charge in [-0.2, -0.15) is 0 Å². The van der Waals surface area contributed by atoms with Crippen molar-refractivity contribution in [3.05, 3.63) is 76.7 Å². The Kier molecular flexibility index (Phi) is 6.04. The zero-order valence-electron chi connectivity index (χ0n) is 19.2. The molecule has 0 fully saturated rings. The number of nitrogens with one attached hydrogen (secondary N) is 1. The molecule has 1 atom stereocenters. The predicted molar refractivity (Wildman–Crippen MR) is 129 cm³/mol. The van der Waals surface area contributed by atoms with Gasteiger partial charge in [0.15, 0.2) is 0 Å². The van der Waals surface area contributed by atoms with Crippen molar-refractivity contribution >= 4 is 22.4 Å². The lowest BCUT2D eigenvalue weighted by atomic mass is 9.93. The van der Waals surface area contributed by atoms with Crippen molar-refractivity contribution in [1.82, 2.24) is 14.8 Å². The third kappa shape index (κ3) is 4.45. The van der Waals surface area contributed by atoms with Gasteiger partial charge in [0.25, 0.3) is 5.91 Å². The fourth-order valence-corrected chi connectivity index (χ4v) is 4.99. The molecule has 1 amide bonds. The molecule has 1 aromatic heterocycles. The Morgan fingerprint density at radius 1 is 1.21 bits per heavy atom. The molecule has 33 heavy (non-hydrogen) atoms. The average Bonchev–Trinajstić information content (AvgIpc) is 3.25. The predicted octanol–water partition coefficient (Wildman–Crippen LogP) is 4.80. The maximum Gasteiger partial charge on any atom is 0.253 e. The molecule has 5 nitrogen and oxygen atoms in total. The summed E-state index contributed by atoms with van der Waals surface area (Å²) in [6.07, 6.45) is 7.13. The van der Waals surface area contributed by atoms with Gasteiger partial charge in [-0.25, -0.2) is 4.39 Å². The lowest BCUT2D eigenvalue weighted by molar-refractivity contribution is 0.0299. The highest BCUT2D eigenvalue weighted by molar-refractivity contribution is 5.94. The number of carbonyl (C=O) groups excluding carboxylic acids is 1. The first-order valence-electron chi connectivity index (χ1n) is 11.6. The normalized spacial score (nSPS) is 18.8. The number of ether oxygens (including phenoxy) is 1. The van der Waals surface area contributed by atoms with E-state index in [1.165, 1.54) is 28.3 Å². The number of rotatable bonds is 5. The number of amides is 1. The third-order valence-electron chi connectivity index (χ3n) is 6.82. The topological polar surface area (TPSA) is 48.6 Å². The molecule has 2 aliphatic rings. The lowest BCUT2D eigenvalue weighted by Crippen LogP contribution is -2.31. The summed E-state index contributed by atoms with van der Waals surface area (Å²) in [5.74, 6) is -0.177. The van der Waals surface area contributed by atoms with Crippen molar-refractivity contribution in [2.45, 2.75) is 25.4 Å². The monoisotopic (exact) mass is 447 g/mol. The van der Waals surface area contributed by atoms with Crippen molar-refractivity contribution < 1.29 is 13.9 Å². The number of aromatic nitrogens is 1. The van der Waals surface area contributed by atoms with Crippen LogP contribution in [-0.2, 0) is 11.2 Å². The number of H-pyrrole nitrogens is 1. The van der Waals surface area contributed by atoms with Gasteiger partial charge in [0.1, 0.15) is 5.82 Å². The summed E-state index contributed by atoms with van der Waals surface area (Å²) in [5.41, 5.74) is 6.54. The second-order valence-corrected chi connectivity index (χ2v) is 9.18. The number of carbonyl (C=O) groups is 1. The van der Waals surface area contributed by atoms with Crippen LogP contribution in [0.25, 0.3) is 16.5 Å². The van der Waals surface area contributed by atoms with Crippen LogP contribution in [0.1, 0.15) is 46.0 Å². The summed E-state index contributed by atoms with van der Waals surface area (Å²) in [6, 6.07) is 11.0. The molecule has 2 aliphatic heterocycles. The molecule has 6 heteroatoms. The molecular formula is C27H30FN3O2. The molecule has 1 N–H and O–H groups in total. The highest BCUT2D eigenvalue weighted by Gasteiger charge is 2.24. The molecule has 3 aromatic rings. The van der Waals surface area contributed by atoms with E-state index in [2.05, 4.69) is 22.0 Å². The van der Waals surface area contributed by atoms with Crippen LogP contribution in [0.4, 0.5) is 4.39 Å². The summed E-state index contributed by atoms with van der Waals surface area (Å²) in [7, 11) is 3.56. The number of halogens is 1. The number of nitrogens with zero attached hydrogens (tertiary/aromatic N) is 2. The highest BCUT2D eigenvalue weighted by Crippen LogP contribution is 2.32. The summed E-state index contributed by atoms with van der Waals surface area (Å²) >= 11 is 0. The van der Waals surface area contributed by atoms with Crippen molar-refractivity contribution in [3.8, 4) is 0 Å². The molecule has 1 unspecified atom stereocenters. The Hall–Kier alpha value is -2.96. The van der Waals surface area contributed by atoms with Gasteiger partial charge in [0.2, 0.25) is 0 Å². The Morgan fingerprint density at radius 2 is 2.09 bits per heavy atom. The maximum atomic E-state index is 13.5. The van der Waals surface area contributed by atoms with Gasteiger partial charge in [-0.3, -0.25) is 9.69 Å². The number of hydrogen-bond acceptors (Lipinski definition) is 3. The molecule has 2 aromatic carbocycles. The minimum Gasteiger partial charge on any atom is -0.373 e. The van der Waals surface area contributed by atoms with Crippen LogP contribution < -0.4 is 0 Å². The molecule has 3 heterocycles. The van der Waals surface area contributed by atoms with E-state index in [1.54, 1.807) is 25.1 Å². The first-order valence-corrected chi connectivity index (χ1v) is 11.6. The summed E-state index contributed by atoms with van der Waals surface area (Å²) in [6.45, 7) is 3.56. The third-order valence-corrected chi connectivity index (χ3v) is 6.82. The van der Waals surface area contributed by atoms with E-state index in [9.17, 15) is 9.18 Å². The van der Waals surface area contributed by atoms with Crippen molar-refractivity contribution in [2.24, 2.45) is 0 Å². The van der Waals surface area contributed by atoms with E-state index in [-0.39, 0.29) is 17.8 Å². The quantitative estimate of drug-likeness (QED) is 0.611. The molecule has 0 spiro atoms. The fraction of sp³-hybridized carbons (Fsp3) is 0.370. The summed E-state index contributed by atoms with van der Waals surface area (Å²) in [5, 5.41) is 1.08. The Morgan fingerprint density at radius 3 is 2.88 bits per heavy atom. The van der Waals surface area contributed by atoms with Gasteiger partial charge in [-0.05, 0) is 66.3 Å². The van der Waals surface area contributed by atoms with Crippen LogP contribution in [-0.4, -0.2) is 61.0 Å². The Balaban J connectivity index is 1.23. The van der Waals surface area contributed by atoms with Gasteiger partial charge >= 0.3 is 0 Å². The number of aromatic amines is 1. The highest BCUT2D eigenvalue weighted by atomic mass is 19.1. The van der Waals surface area contributed by atoms with Crippen LogP contribution >= 0.6 is 0 Å². The molecule has 0 saturated heterocycles. The van der Waals surface area contributed by atoms with Crippen LogP contribution in [0.3, 0.4) is 0 Å². The van der Waals surface area contributed by atoms with Crippen molar-refractivity contribution in [1.29, 1.82) is 0 Å². The zero-order valence-corrected chi connectivity index (χ0v) is 19.2. The summed E-state index contributed by atoms with van der Waals surface area (Å²) in [4.78, 5) is 19.6. The molecule has 172 valence electrons. The first kappa shape index (κ1) is 21.9. The van der Waals surface area contributed by atoms with Gasteiger partial charge in [0, 0.05) is 62.0 Å². The van der Waals surface area contributed by atoms with Crippen molar-refractivity contribution in [2.75, 3.05) is 40.3 Å². The van der Waals surface area contributed by atoms with E-state index in [1.807, 2.05) is 24.4 Å². The van der Waals surface area contributed by atoms with Gasteiger partial charge < -0.3 is 14.6 Å². The van der Waals surface area contributed by atoms with Gasteiger partial charge in [-0.1, -0.05) is 12.1 Å². The average molecular weight is 448 g/mol. The van der Waals surface area contributed by atoms with E-state index >= 15 is 0 Å². The Labute approximate surface area is 193 Å². The second kappa shape index (κ2) is 9.12. The lowest BCUT2D eigenvalue weighted by Gasteiger charge is -2.31. The number of fused-ring (bicyclic) bond motifs is 2. The minimum absolute atomic E-state index is 0.0390. The number of benzene rings is 2. The van der Waals surface area contributed by atoms with Crippen LogP contribution in [0, 0.1) is 5.82 Å². The largest absolute Gasteiger partial charge is 0.373 e. The van der Waals surface area contributed by atoms with Crippen LogP contribution in [0.5, 0.6) is 0 Å². The van der Waals surface area contributed by atoms with E-state index < -0.39 is 0 Å². The van der Waals surface area contributed by atoms with E-state index in [4.69, 9.17) is 4.74 Å². The minimum atomic E-state index is -0.216. The van der Waals surface area contributed by atoms with Crippen molar-refractivity contribution in [3.63, 3.8) is 0 Å². The molecule has 0 bridgehead atoms. The molecule has 5 rings (SSSR count). The molecule has 0 saturated carbocycles. The van der Waals surface area contributed by atoms with Gasteiger partial charge in [-0.15, -0.1) is 0 Å². The maximum absolute atomic E-state index is 13.5. The Bertz CT molecular complexity index is 1210. The molecule has 0 aliphatic carbocycles. The van der Waals surface area contributed by atoms with E-state index in [0.29, 0.717) is 6.61 Å². The molecule has 0 radical (unpaired) electrons. The smallest absolute Gasteiger partial charge is 0.253 e. The van der Waals surface area contributed by atoms with Crippen LogP contribution in [0.2, 0.25) is 0 Å². The van der Waals surface area contributed by atoms with E-state index in [0.717, 1.165) is 55.4 Å². The zero-order chi connectivity index (χ0) is 22.9. The second-order valence-electron chi connectivity index (χ2n) is 9.18. The summed E-state index contributed by atoms with van der Waals surface area (Å²) < 4.78 is 19.6. The standard InChI is InChI=1S/C27H30FN3O2/c1-30(2)27(32)20-3-5-22-19(15-20)10-14-33-26(22)9-13-31-11-7-18(8-12-31)24-17-29-25-16-21(28)4-6-23(24)25/h3-7,15-17,26,29H,8-14H2,1-2H3. The SMILES string of the molecule is CN(C)C(=O)c1ccc2c(c1)CCOC2CCN1CC=C(c2c[nH]c3cc(F)ccc23)CC1. The number of hydrogen-bond donors (Lipinski definition) is 1. The fourth-order valence-electron chi connectivity index (χ4n) is 4.99. The first-order chi connectivity index (χ1) is 16.0. The van der Waals surface area contributed by atoms with Crippen LogP contribution in [0.15, 0.2) is 48.7 Å². The van der Waals surface area contributed by atoms with Gasteiger partial charge in [0.05, 0.1) is 12.7 Å². The molecular weight excluding hydrogens is 417 g/mol.